The Morgan fingerprint density at radius 2 is 1.50 bits per heavy atom. The molecule has 0 aliphatic rings. The molecule has 0 aliphatic carbocycles. The zero-order valence-corrected chi connectivity index (χ0v) is 19.0. The summed E-state index contributed by atoms with van der Waals surface area (Å²) in [5.74, 6) is -0.350. The quantitative estimate of drug-likeness (QED) is 0.458. The zero-order valence-electron chi connectivity index (χ0n) is 17.4. The molecule has 0 saturated carbocycles. The van der Waals surface area contributed by atoms with Crippen molar-refractivity contribution < 1.29 is 18.0 Å². The van der Waals surface area contributed by atoms with Crippen LogP contribution in [0, 0.1) is 0 Å². The molecule has 1 amide bonds. The van der Waals surface area contributed by atoms with Crippen LogP contribution in [-0.4, -0.2) is 26.7 Å². The number of benzene rings is 3. The zero-order chi connectivity index (χ0) is 23.1. The Labute approximate surface area is 192 Å². The van der Waals surface area contributed by atoms with Crippen molar-refractivity contribution in [2.75, 3.05) is 0 Å². The molecule has 0 aromatic heterocycles. The average Bonchev–Trinajstić information content (AvgIpc) is 2.82. The van der Waals surface area contributed by atoms with Crippen molar-refractivity contribution in [3.8, 4) is 11.1 Å². The van der Waals surface area contributed by atoms with Crippen LogP contribution in [0.1, 0.15) is 29.3 Å². The highest BCUT2D eigenvalue weighted by atomic mass is 35.5. The van der Waals surface area contributed by atoms with Gasteiger partial charge in [0.05, 0.1) is 10.9 Å². The van der Waals surface area contributed by atoms with Gasteiger partial charge in [0.15, 0.2) is 0 Å². The Morgan fingerprint density at radius 3 is 2.03 bits per heavy atom. The van der Waals surface area contributed by atoms with Gasteiger partial charge in [0, 0.05) is 17.1 Å². The Morgan fingerprint density at radius 1 is 0.938 bits per heavy atom. The Kier molecular flexibility index (Phi) is 7.80. The van der Waals surface area contributed by atoms with Gasteiger partial charge in [-0.05, 0) is 59.5 Å². The Bertz CT molecular complexity index is 1180. The van der Waals surface area contributed by atoms with Crippen LogP contribution in [-0.2, 0) is 21.4 Å². The number of carbonyl (C=O) groups excluding carboxylic acids is 2. The highest BCUT2D eigenvalue weighted by Gasteiger charge is 2.15. The van der Waals surface area contributed by atoms with E-state index in [1.54, 1.807) is 67.6 Å². The fourth-order valence-electron chi connectivity index (χ4n) is 2.99. The highest BCUT2D eigenvalue weighted by Crippen LogP contribution is 2.23. The summed E-state index contributed by atoms with van der Waals surface area (Å²) in [6, 6.07) is 19.9. The van der Waals surface area contributed by atoms with Crippen LogP contribution >= 0.6 is 11.6 Å². The highest BCUT2D eigenvalue weighted by molar-refractivity contribution is 7.89. The van der Waals surface area contributed by atoms with Crippen LogP contribution in [0.15, 0.2) is 77.7 Å². The van der Waals surface area contributed by atoms with E-state index in [4.69, 9.17) is 11.6 Å². The Hall–Kier alpha value is -3.00. The summed E-state index contributed by atoms with van der Waals surface area (Å²) in [7, 11) is -3.70. The summed E-state index contributed by atoms with van der Waals surface area (Å²) in [6.45, 7) is 1.88. The van der Waals surface area contributed by atoms with E-state index < -0.39 is 16.1 Å². The third kappa shape index (κ3) is 6.03. The van der Waals surface area contributed by atoms with E-state index in [1.165, 1.54) is 0 Å². The van der Waals surface area contributed by atoms with Gasteiger partial charge in [-0.1, -0.05) is 54.9 Å². The van der Waals surface area contributed by atoms with Gasteiger partial charge < -0.3 is 10.1 Å². The van der Waals surface area contributed by atoms with Crippen LogP contribution in [0.2, 0.25) is 5.02 Å². The van der Waals surface area contributed by atoms with Crippen molar-refractivity contribution in [3.63, 3.8) is 0 Å². The number of rotatable bonds is 9. The second kappa shape index (κ2) is 10.5. The predicted molar refractivity (Wildman–Crippen MR) is 125 cm³/mol. The second-order valence-electron chi connectivity index (χ2n) is 7.18. The van der Waals surface area contributed by atoms with Crippen molar-refractivity contribution in [1.82, 2.24) is 10.0 Å². The number of hydrogen-bond donors (Lipinski definition) is 2. The molecule has 0 saturated heterocycles. The molecule has 3 aromatic rings. The normalized spacial score (nSPS) is 12.2. The predicted octanol–water partition coefficient (Wildman–Crippen LogP) is 4.19. The third-order valence-electron chi connectivity index (χ3n) is 4.95. The molecule has 0 bridgehead atoms. The first-order chi connectivity index (χ1) is 15.3. The molecule has 0 radical (unpaired) electrons. The lowest BCUT2D eigenvalue weighted by Gasteiger charge is -2.11. The summed E-state index contributed by atoms with van der Waals surface area (Å²) in [5.41, 5.74) is 2.92. The maximum atomic E-state index is 12.6. The molecule has 166 valence electrons. The van der Waals surface area contributed by atoms with Crippen LogP contribution in [0.3, 0.4) is 0 Å². The summed E-state index contributed by atoms with van der Waals surface area (Å²) >= 11 is 5.91. The Balaban J connectivity index is 1.62. The average molecular weight is 471 g/mol. The molecule has 0 aliphatic heterocycles. The van der Waals surface area contributed by atoms with Gasteiger partial charge in [-0.25, -0.2) is 13.1 Å². The van der Waals surface area contributed by atoms with Crippen LogP contribution in [0.4, 0.5) is 0 Å². The first-order valence-corrected chi connectivity index (χ1v) is 11.9. The molecule has 6 nitrogen and oxygen atoms in total. The maximum Gasteiger partial charge on any atom is 0.251 e. The molecule has 1 atom stereocenters. The van der Waals surface area contributed by atoms with Gasteiger partial charge in [0.2, 0.25) is 10.0 Å². The van der Waals surface area contributed by atoms with E-state index >= 15 is 0 Å². The van der Waals surface area contributed by atoms with Gasteiger partial charge in [-0.15, -0.1) is 0 Å². The summed E-state index contributed by atoms with van der Waals surface area (Å²) in [6.07, 6.45) is 1.21. The monoisotopic (exact) mass is 470 g/mol. The summed E-state index contributed by atoms with van der Waals surface area (Å²) in [4.78, 5) is 23.2. The third-order valence-corrected chi connectivity index (χ3v) is 6.61. The number of sulfonamides is 1. The summed E-state index contributed by atoms with van der Waals surface area (Å²) < 4.78 is 27.8. The lowest BCUT2D eigenvalue weighted by atomic mass is 10.1. The van der Waals surface area contributed by atoms with E-state index in [1.807, 2.05) is 12.1 Å². The number of hydrogen-bond acceptors (Lipinski definition) is 4. The van der Waals surface area contributed by atoms with E-state index in [-0.39, 0.29) is 17.3 Å². The minimum Gasteiger partial charge on any atom is -0.343 e. The van der Waals surface area contributed by atoms with E-state index in [2.05, 4.69) is 10.0 Å². The fraction of sp³-hybridized carbons (Fsp3) is 0.167. The molecule has 8 heteroatoms. The molecule has 0 heterocycles. The molecule has 0 unspecified atom stereocenters. The van der Waals surface area contributed by atoms with Crippen molar-refractivity contribution in [1.29, 1.82) is 0 Å². The lowest BCUT2D eigenvalue weighted by Crippen LogP contribution is -2.35. The van der Waals surface area contributed by atoms with Gasteiger partial charge in [0.25, 0.3) is 5.91 Å². The SMILES string of the molecule is CC[C@@H](C=O)NC(=O)c1ccc(CNS(=O)(=O)c2ccc(-c3ccc(Cl)cc3)cc2)cc1. The number of amides is 1. The fourth-order valence-corrected chi connectivity index (χ4v) is 4.13. The number of aldehydes is 1. The molecule has 3 aromatic carbocycles. The largest absolute Gasteiger partial charge is 0.343 e. The van der Waals surface area contributed by atoms with Crippen LogP contribution < -0.4 is 10.0 Å². The van der Waals surface area contributed by atoms with Crippen LogP contribution in [0.25, 0.3) is 11.1 Å². The number of nitrogens with one attached hydrogen (secondary N) is 2. The number of carbonyl (C=O) groups is 2. The van der Waals surface area contributed by atoms with Crippen molar-refractivity contribution >= 4 is 33.8 Å². The minimum absolute atomic E-state index is 0.0785. The second-order valence-corrected chi connectivity index (χ2v) is 9.38. The molecule has 3 rings (SSSR count). The van der Waals surface area contributed by atoms with E-state index in [9.17, 15) is 18.0 Å². The van der Waals surface area contributed by atoms with Crippen molar-refractivity contribution in [2.24, 2.45) is 0 Å². The standard InChI is InChI=1S/C24H23ClN2O4S/c1-2-22(16-28)27-24(29)20-5-3-17(4-6-20)15-26-32(30,31)23-13-9-19(10-14-23)18-7-11-21(25)12-8-18/h3-14,16,22,26H,2,15H2,1H3,(H,27,29)/t22-/m0/s1. The van der Waals surface area contributed by atoms with Crippen molar-refractivity contribution in [2.45, 2.75) is 30.8 Å². The molecule has 0 spiro atoms. The molecular formula is C24H23ClN2O4S. The van der Waals surface area contributed by atoms with Gasteiger partial charge >= 0.3 is 0 Å². The van der Waals surface area contributed by atoms with Crippen LogP contribution in [0.5, 0.6) is 0 Å². The topological polar surface area (TPSA) is 92.3 Å². The van der Waals surface area contributed by atoms with E-state index in [0.717, 1.165) is 11.1 Å². The van der Waals surface area contributed by atoms with Gasteiger partial charge in [0.1, 0.15) is 6.29 Å². The molecular weight excluding hydrogens is 448 g/mol. The molecule has 32 heavy (non-hydrogen) atoms. The van der Waals surface area contributed by atoms with Crippen molar-refractivity contribution in [3.05, 3.63) is 88.9 Å². The van der Waals surface area contributed by atoms with Gasteiger partial charge in [-0.2, -0.15) is 0 Å². The lowest BCUT2D eigenvalue weighted by molar-refractivity contribution is -0.109. The first-order valence-electron chi connectivity index (χ1n) is 10.0. The minimum atomic E-state index is -3.70. The number of halogens is 1. The maximum absolute atomic E-state index is 12.6. The van der Waals surface area contributed by atoms with Gasteiger partial charge in [-0.3, -0.25) is 4.79 Å². The van der Waals surface area contributed by atoms with E-state index in [0.29, 0.717) is 28.9 Å². The first kappa shape index (κ1) is 23.7. The summed E-state index contributed by atoms with van der Waals surface area (Å²) in [5, 5.41) is 3.26. The smallest absolute Gasteiger partial charge is 0.251 e. The molecule has 2 N–H and O–H groups in total. The molecule has 0 fully saturated rings.